The average Bonchev–Trinajstić information content (AvgIpc) is 2.36. The summed E-state index contributed by atoms with van der Waals surface area (Å²) in [5.74, 6) is 0.850. The van der Waals surface area contributed by atoms with Crippen molar-refractivity contribution in [2.24, 2.45) is 5.92 Å². The second-order valence-electron chi connectivity index (χ2n) is 6.54. The molecule has 21 heavy (non-hydrogen) atoms. The van der Waals surface area contributed by atoms with E-state index in [4.69, 9.17) is 4.74 Å². The second-order valence-corrected chi connectivity index (χ2v) is 6.54. The topological polar surface area (TPSA) is 70.6 Å². The fourth-order valence-corrected chi connectivity index (χ4v) is 2.38. The Bertz CT molecular complexity index is 553. The number of nitrogens with one attached hydrogen (secondary N) is 2. The molecule has 5 heteroatoms. The molecule has 0 spiro atoms. The maximum absolute atomic E-state index is 11.5. The number of phenols is 1. The zero-order chi connectivity index (χ0) is 15.8. The van der Waals surface area contributed by atoms with Crippen LogP contribution in [0, 0.1) is 5.92 Å². The van der Waals surface area contributed by atoms with E-state index in [1.165, 1.54) is 6.92 Å². The number of anilines is 1. The zero-order valence-corrected chi connectivity index (χ0v) is 13.3. The van der Waals surface area contributed by atoms with E-state index in [0.29, 0.717) is 22.9 Å². The molecule has 0 bridgehead atoms. The molecular weight excluding hydrogens is 268 g/mol. The van der Waals surface area contributed by atoms with Crippen LogP contribution in [0.5, 0.6) is 11.5 Å². The molecule has 1 aliphatic rings. The van der Waals surface area contributed by atoms with Gasteiger partial charge in [-0.3, -0.25) is 10.1 Å². The number of ketones is 1. The van der Waals surface area contributed by atoms with Gasteiger partial charge in [0, 0.05) is 6.54 Å². The normalized spacial score (nSPS) is 19.6. The summed E-state index contributed by atoms with van der Waals surface area (Å²) < 4.78 is 5.97. The van der Waals surface area contributed by atoms with E-state index in [0.717, 1.165) is 6.54 Å². The van der Waals surface area contributed by atoms with Gasteiger partial charge in [-0.1, -0.05) is 13.8 Å². The fourth-order valence-electron chi connectivity index (χ4n) is 2.38. The van der Waals surface area contributed by atoms with Crippen molar-refractivity contribution in [1.82, 2.24) is 5.32 Å². The number of aromatic hydroxyl groups is 1. The number of fused-ring (bicyclic) bond motifs is 1. The second kappa shape index (κ2) is 5.56. The number of carbonyl (C=O) groups excluding carboxylic acids is 1. The van der Waals surface area contributed by atoms with Crippen LogP contribution in [-0.2, 0) is 0 Å². The maximum atomic E-state index is 11.5. The Hall–Kier alpha value is -1.75. The Kier molecular flexibility index (Phi) is 4.14. The van der Waals surface area contributed by atoms with Crippen LogP contribution in [0.15, 0.2) is 12.1 Å². The van der Waals surface area contributed by atoms with E-state index in [9.17, 15) is 9.90 Å². The molecule has 0 radical (unpaired) electrons. The highest BCUT2D eigenvalue weighted by molar-refractivity contribution is 5.99. The van der Waals surface area contributed by atoms with E-state index < -0.39 is 5.54 Å². The largest absolute Gasteiger partial charge is 0.505 e. The smallest absolute Gasteiger partial charge is 0.172 e. The van der Waals surface area contributed by atoms with Gasteiger partial charge in [0.15, 0.2) is 17.8 Å². The summed E-state index contributed by atoms with van der Waals surface area (Å²) in [7, 11) is 0. The summed E-state index contributed by atoms with van der Waals surface area (Å²) in [6.45, 7) is 10.5. The highest BCUT2D eigenvalue weighted by Crippen LogP contribution is 2.43. The maximum Gasteiger partial charge on any atom is 0.172 e. The summed E-state index contributed by atoms with van der Waals surface area (Å²) >= 11 is 0. The number of ether oxygens (including phenoxy) is 1. The molecule has 0 fully saturated rings. The van der Waals surface area contributed by atoms with E-state index in [1.54, 1.807) is 12.1 Å². The zero-order valence-electron chi connectivity index (χ0n) is 13.3. The number of rotatable bonds is 4. The van der Waals surface area contributed by atoms with Crippen molar-refractivity contribution in [3.8, 4) is 11.5 Å². The highest BCUT2D eigenvalue weighted by Gasteiger charge is 2.38. The fraction of sp³-hybridized carbons (Fsp3) is 0.562. The van der Waals surface area contributed by atoms with Gasteiger partial charge >= 0.3 is 0 Å². The Balaban J connectivity index is 2.32. The summed E-state index contributed by atoms with van der Waals surface area (Å²) in [5, 5.41) is 16.9. The minimum Gasteiger partial charge on any atom is -0.505 e. The van der Waals surface area contributed by atoms with Crippen LogP contribution in [0.3, 0.4) is 0 Å². The van der Waals surface area contributed by atoms with E-state index in [1.807, 2.05) is 13.8 Å². The van der Waals surface area contributed by atoms with Gasteiger partial charge in [-0.05, 0) is 38.8 Å². The van der Waals surface area contributed by atoms with Gasteiger partial charge in [-0.15, -0.1) is 0 Å². The first-order valence-electron chi connectivity index (χ1n) is 7.27. The van der Waals surface area contributed by atoms with Gasteiger partial charge in [0.05, 0.1) is 11.1 Å². The lowest BCUT2D eigenvalue weighted by Crippen LogP contribution is -2.58. The third kappa shape index (κ3) is 3.13. The quantitative estimate of drug-likeness (QED) is 0.588. The average molecular weight is 292 g/mol. The van der Waals surface area contributed by atoms with Crippen molar-refractivity contribution >= 4 is 11.5 Å². The standard InChI is InChI=1S/C16H24N2O3/c1-9(2)8-17-15-16(4,5)18-13-12(21-15)7-6-11(10(3)19)14(13)20/h6-7,9,15,17-18,20H,8H2,1-5H3. The van der Waals surface area contributed by atoms with E-state index in [-0.39, 0.29) is 17.8 Å². The van der Waals surface area contributed by atoms with Crippen molar-refractivity contribution in [3.63, 3.8) is 0 Å². The first-order valence-corrected chi connectivity index (χ1v) is 7.27. The SMILES string of the molecule is CC(=O)c1ccc2c(c1O)NC(C)(C)C(NCC(C)C)O2. The van der Waals surface area contributed by atoms with Crippen LogP contribution in [0.2, 0.25) is 0 Å². The van der Waals surface area contributed by atoms with Crippen LogP contribution in [0.4, 0.5) is 5.69 Å². The monoisotopic (exact) mass is 292 g/mol. The summed E-state index contributed by atoms with van der Waals surface area (Å²) in [6.07, 6.45) is -0.213. The lowest BCUT2D eigenvalue weighted by molar-refractivity contribution is 0.0915. The van der Waals surface area contributed by atoms with Crippen LogP contribution < -0.4 is 15.4 Å². The summed E-state index contributed by atoms with van der Waals surface area (Å²) in [6, 6.07) is 3.31. The molecule has 1 aliphatic heterocycles. The molecule has 5 nitrogen and oxygen atoms in total. The van der Waals surface area contributed by atoms with Gasteiger partial charge in [-0.2, -0.15) is 0 Å². The molecule has 1 unspecified atom stereocenters. The lowest BCUT2D eigenvalue weighted by atomic mass is 9.98. The summed E-state index contributed by atoms with van der Waals surface area (Å²) in [5.41, 5.74) is 0.374. The molecule has 0 saturated heterocycles. The molecule has 0 aromatic heterocycles. The Morgan fingerprint density at radius 3 is 2.71 bits per heavy atom. The van der Waals surface area contributed by atoms with Gasteiger partial charge in [0.25, 0.3) is 0 Å². The molecule has 3 N–H and O–H groups in total. The predicted molar refractivity (Wildman–Crippen MR) is 83.1 cm³/mol. The van der Waals surface area contributed by atoms with Crippen molar-refractivity contribution in [2.75, 3.05) is 11.9 Å². The summed E-state index contributed by atoms with van der Waals surface area (Å²) in [4.78, 5) is 11.5. The molecule has 0 aliphatic carbocycles. The number of hydrogen-bond donors (Lipinski definition) is 3. The lowest BCUT2D eigenvalue weighted by Gasteiger charge is -2.42. The van der Waals surface area contributed by atoms with Gasteiger partial charge in [0.2, 0.25) is 0 Å². The third-order valence-electron chi connectivity index (χ3n) is 3.58. The van der Waals surface area contributed by atoms with Crippen molar-refractivity contribution < 1.29 is 14.6 Å². The van der Waals surface area contributed by atoms with Crippen LogP contribution >= 0.6 is 0 Å². The van der Waals surface area contributed by atoms with E-state index >= 15 is 0 Å². The van der Waals surface area contributed by atoms with Crippen LogP contribution in [0.1, 0.15) is 45.0 Å². The molecule has 1 heterocycles. The first-order chi connectivity index (χ1) is 9.72. The predicted octanol–water partition coefficient (Wildman–Crippen LogP) is 2.75. The van der Waals surface area contributed by atoms with Crippen molar-refractivity contribution in [3.05, 3.63) is 17.7 Å². The van der Waals surface area contributed by atoms with Crippen LogP contribution in [0.25, 0.3) is 0 Å². The molecule has 0 saturated carbocycles. The van der Waals surface area contributed by atoms with Gasteiger partial charge in [-0.25, -0.2) is 0 Å². The van der Waals surface area contributed by atoms with Crippen LogP contribution in [-0.4, -0.2) is 29.2 Å². The molecule has 1 aromatic carbocycles. The number of carbonyl (C=O) groups is 1. The Labute approximate surface area is 125 Å². The highest BCUT2D eigenvalue weighted by atomic mass is 16.5. The number of hydrogen-bond acceptors (Lipinski definition) is 5. The molecular formula is C16H24N2O3. The minimum atomic E-state index is -0.408. The molecule has 1 atom stereocenters. The Morgan fingerprint density at radius 1 is 1.48 bits per heavy atom. The van der Waals surface area contributed by atoms with Crippen molar-refractivity contribution in [1.29, 1.82) is 0 Å². The van der Waals surface area contributed by atoms with Crippen molar-refractivity contribution in [2.45, 2.75) is 46.4 Å². The number of benzene rings is 1. The van der Waals surface area contributed by atoms with E-state index in [2.05, 4.69) is 24.5 Å². The minimum absolute atomic E-state index is 0.0459. The molecule has 0 amide bonds. The number of phenolic OH excluding ortho intramolecular Hbond substituents is 1. The third-order valence-corrected chi connectivity index (χ3v) is 3.58. The Morgan fingerprint density at radius 2 is 2.14 bits per heavy atom. The van der Waals surface area contributed by atoms with Gasteiger partial charge in [0.1, 0.15) is 11.4 Å². The van der Waals surface area contributed by atoms with Gasteiger partial charge < -0.3 is 15.2 Å². The molecule has 2 rings (SSSR count). The molecule has 116 valence electrons. The first kappa shape index (κ1) is 15.6. The molecule has 1 aromatic rings. The number of Topliss-reactive ketones (excluding diaryl/α,β-unsaturated/α-hetero) is 1.